The minimum Gasteiger partial charge on any atom is -0.328 e. The van der Waals surface area contributed by atoms with Crippen LogP contribution in [0, 0.1) is 13.8 Å². The summed E-state index contributed by atoms with van der Waals surface area (Å²) in [6.07, 6.45) is 3.30. The van der Waals surface area contributed by atoms with Crippen LogP contribution in [-0.2, 0) is 0 Å². The summed E-state index contributed by atoms with van der Waals surface area (Å²) in [5.74, 6) is 1.87. The molecule has 1 aromatic rings. The maximum Gasteiger partial charge on any atom is 0.147 e. The fraction of sp³-hybridized carbons (Fsp3) is 0.778. The summed E-state index contributed by atoms with van der Waals surface area (Å²) in [5, 5.41) is 4.38. The molecular formula is C9H16N4. The van der Waals surface area contributed by atoms with Gasteiger partial charge >= 0.3 is 0 Å². The third-order valence-electron chi connectivity index (χ3n) is 2.70. The average molecular weight is 180 g/mol. The van der Waals surface area contributed by atoms with E-state index in [2.05, 4.69) is 10.1 Å². The molecule has 1 aliphatic rings. The Morgan fingerprint density at radius 3 is 2.62 bits per heavy atom. The topological polar surface area (TPSA) is 56.7 Å². The minimum absolute atomic E-state index is 0.355. The first kappa shape index (κ1) is 8.69. The molecule has 2 unspecified atom stereocenters. The molecule has 2 atom stereocenters. The fourth-order valence-electron chi connectivity index (χ4n) is 2.10. The number of aromatic nitrogens is 3. The summed E-state index contributed by atoms with van der Waals surface area (Å²) < 4.78 is 2.03. The van der Waals surface area contributed by atoms with Crippen molar-refractivity contribution < 1.29 is 0 Å². The van der Waals surface area contributed by atoms with Crippen LogP contribution in [-0.4, -0.2) is 20.8 Å². The van der Waals surface area contributed by atoms with Crippen LogP contribution in [0.2, 0.25) is 0 Å². The Hall–Kier alpha value is -0.900. The lowest BCUT2D eigenvalue weighted by atomic mass is 10.2. The van der Waals surface area contributed by atoms with Crippen molar-refractivity contribution in [2.75, 3.05) is 0 Å². The Kier molecular flexibility index (Phi) is 2.07. The minimum atomic E-state index is 0.355. The summed E-state index contributed by atoms with van der Waals surface area (Å²) in [6.45, 7) is 3.93. The molecule has 1 fully saturated rings. The summed E-state index contributed by atoms with van der Waals surface area (Å²) in [4.78, 5) is 4.29. The monoisotopic (exact) mass is 180 g/mol. The van der Waals surface area contributed by atoms with E-state index in [1.807, 2.05) is 18.5 Å². The Morgan fingerprint density at radius 1 is 1.38 bits per heavy atom. The number of nitrogens with two attached hydrogens (primary N) is 1. The van der Waals surface area contributed by atoms with Gasteiger partial charge in [0.15, 0.2) is 0 Å². The largest absolute Gasteiger partial charge is 0.328 e. The van der Waals surface area contributed by atoms with Crippen LogP contribution in [0.1, 0.15) is 37.0 Å². The molecule has 0 saturated heterocycles. The van der Waals surface area contributed by atoms with Crippen molar-refractivity contribution in [1.29, 1.82) is 0 Å². The quantitative estimate of drug-likeness (QED) is 0.700. The van der Waals surface area contributed by atoms with E-state index in [4.69, 9.17) is 5.73 Å². The number of hydrogen-bond donors (Lipinski definition) is 1. The molecule has 2 N–H and O–H groups in total. The Bertz CT molecular complexity index is 305. The Labute approximate surface area is 78.1 Å². The van der Waals surface area contributed by atoms with Gasteiger partial charge in [0.2, 0.25) is 0 Å². The molecule has 0 amide bonds. The second kappa shape index (κ2) is 3.10. The lowest BCUT2D eigenvalue weighted by Crippen LogP contribution is -2.17. The standard InChI is InChI=1S/C9H16N4/c1-6-11-7(2)13(12-6)9-4-3-8(10)5-9/h8-9H,3-5,10H2,1-2H3. The third kappa shape index (κ3) is 1.58. The summed E-state index contributed by atoms with van der Waals surface area (Å²) in [7, 11) is 0. The van der Waals surface area contributed by atoms with Crippen molar-refractivity contribution in [3.63, 3.8) is 0 Å². The molecule has 1 saturated carbocycles. The van der Waals surface area contributed by atoms with Gasteiger partial charge in [0.05, 0.1) is 6.04 Å². The van der Waals surface area contributed by atoms with Crippen LogP contribution in [0.4, 0.5) is 0 Å². The molecule has 0 spiro atoms. The van der Waals surface area contributed by atoms with Crippen molar-refractivity contribution >= 4 is 0 Å². The third-order valence-corrected chi connectivity index (χ3v) is 2.70. The Balaban J connectivity index is 2.20. The number of aryl methyl sites for hydroxylation is 2. The van der Waals surface area contributed by atoms with E-state index in [0.717, 1.165) is 30.9 Å². The molecule has 1 aliphatic carbocycles. The summed E-state index contributed by atoms with van der Waals surface area (Å²) >= 11 is 0. The summed E-state index contributed by atoms with van der Waals surface area (Å²) in [6, 6.07) is 0.838. The normalized spacial score (nSPS) is 28.2. The van der Waals surface area contributed by atoms with Gasteiger partial charge in [-0.2, -0.15) is 5.10 Å². The van der Waals surface area contributed by atoms with Crippen LogP contribution < -0.4 is 5.73 Å². The Morgan fingerprint density at radius 2 is 2.15 bits per heavy atom. The maximum atomic E-state index is 5.86. The van der Waals surface area contributed by atoms with Crippen LogP contribution in [0.25, 0.3) is 0 Å². The molecule has 0 bridgehead atoms. The fourth-order valence-corrected chi connectivity index (χ4v) is 2.10. The highest BCUT2D eigenvalue weighted by molar-refractivity contribution is 4.93. The van der Waals surface area contributed by atoms with Crippen molar-refractivity contribution in [3.8, 4) is 0 Å². The predicted octanol–water partition coefficient (Wildman–Crippen LogP) is 0.947. The number of hydrogen-bond acceptors (Lipinski definition) is 3. The van der Waals surface area contributed by atoms with Gasteiger partial charge in [0.25, 0.3) is 0 Å². The van der Waals surface area contributed by atoms with Crippen LogP contribution in [0.15, 0.2) is 0 Å². The van der Waals surface area contributed by atoms with Gasteiger partial charge in [-0.1, -0.05) is 0 Å². The lowest BCUT2D eigenvalue weighted by molar-refractivity contribution is 0.447. The molecule has 1 heterocycles. The van der Waals surface area contributed by atoms with E-state index < -0.39 is 0 Å². The van der Waals surface area contributed by atoms with E-state index in [9.17, 15) is 0 Å². The highest BCUT2D eigenvalue weighted by atomic mass is 15.4. The lowest BCUT2D eigenvalue weighted by Gasteiger charge is -2.10. The van der Waals surface area contributed by atoms with E-state index in [0.29, 0.717) is 12.1 Å². The maximum absolute atomic E-state index is 5.86. The molecule has 4 nitrogen and oxygen atoms in total. The van der Waals surface area contributed by atoms with Gasteiger partial charge in [0, 0.05) is 6.04 Å². The van der Waals surface area contributed by atoms with E-state index in [1.165, 1.54) is 0 Å². The molecule has 72 valence electrons. The first-order valence-electron chi connectivity index (χ1n) is 4.82. The van der Waals surface area contributed by atoms with Crippen molar-refractivity contribution in [2.45, 2.75) is 45.2 Å². The van der Waals surface area contributed by atoms with Crippen molar-refractivity contribution in [3.05, 3.63) is 11.6 Å². The first-order valence-corrected chi connectivity index (χ1v) is 4.82. The van der Waals surface area contributed by atoms with Gasteiger partial charge in [-0.3, -0.25) is 0 Å². The van der Waals surface area contributed by atoms with Gasteiger partial charge in [0.1, 0.15) is 11.6 Å². The van der Waals surface area contributed by atoms with Crippen molar-refractivity contribution in [2.24, 2.45) is 5.73 Å². The molecule has 13 heavy (non-hydrogen) atoms. The zero-order valence-electron chi connectivity index (χ0n) is 8.20. The zero-order valence-corrected chi connectivity index (χ0v) is 8.20. The van der Waals surface area contributed by atoms with E-state index >= 15 is 0 Å². The number of rotatable bonds is 1. The average Bonchev–Trinajstić information content (AvgIpc) is 2.58. The highest BCUT2D eigenvalue weighted by Crippen LogP contribution is 2.28. The predicted molar refractivity (Wildman–Crippen MR) is 50.4 cm³/mol. The molecule has 2 rings (SSSR count). The van der Waals surface area contributed by atoms with Crippen LogP contribution >= 0.6 is 0 Å². The van der Waals surface area contributed by atoms with Gasteiger partial charge in [-0.25, -0.2) is 9.67 Å². The van der Waals surface area contributed by atoms with E-state index in [1.54, 1.807) is 0 Å². The zero-order chi connectivity index (χ0) is 9.42. The first-order chi connectivity index (χ1) is 6.16. The summed E-state index contributed by atoms with van der Waals surface area (Å²) in [5.41, 5.74) is 5.86. The van der Waals surface area contributed by atoms with Crippen LogP contribution in [0.5, 0.6) is 0 Å². The molecule has 0 aromatic carbocycles. The molecule has 0 aliphatic heterocycles. The molecule has 0 radical (unpaired) electrons. The molecular weight excluding hydrogens is 164 g/mol. The van der Waals surface area contributed by atoms with Gasteiger partial charge in [-0.15, -0.1) is 0 Å². The van der Waals surface area contributed by atoms with Gasteiger partial charge in [-0.05, 0) is 33.1 Å². The number of nitrogens with zero attached hydrogens (tertiary/aromatic N) is 3. The second-order valence-corrected chi connectivity index (χ2v) is 3.88. The van der Waals surface area contributed by atoms with E-state index in [-0.39, 0.29) is 0 Å². The van der Waals surface area contributed by atoms with Gasteiger partial charge < -0.3 is 5.73 Å². The molecule has 4 heteroatoms. The van der Waals surface area contributed by atoms with Crippen molar-refractivity contribution in [1.82, 2.24) is 14.8 Å². The van der Waals surface area contributed by atoms with Crippen LogP contribution in [0.3, 0.4) is 0 Å². The smallest absolute Gasteiger partial charge is 0.147 e. The molecule has 1 aromatic heterocycles. The second-order valence-electron chi connectivity index (χ2n) is 3.88. The highest BCUT2D eigenvalue weighted by Gasteiger charge is 2.25. The SMILES string of the molecule is Cc1nc(C)n(C2CCC(N)C2)n1.